The van der Waals surface area contributed by atoms with Crippen LogP contribution in [0, 0.1) is 11.2 Å². The Balaban J connectivity index is 2.27. The SMILES string of the molecule is NCC1(C(=O)c2cccc(F)c2)COC1. The number of benzene rings is 1. The summed E-state index contributed by atoms with van der Waals surface area (Å²) in [6, 6.07) is 5.66. The van der Waals surface area contributed by atoms with Crippen molar-refractivity contribution in [1.29, 1.82) is 0 Å². The normalized spacial score (nSPS) is 18.3. The molecule has 0 spiro atoms. The summed E-state index contributed by atoms with van der Waals surface area (Å²) in [4.78, 5) is 12.0. The zero-order chi connectivity index (χ0) is 10.9. The first-order valence-electron chi connectivity index (χ1n) is 4.76. The third kappa shape index (κ3) is 1.66. The summed E-state index contributed by atoms with van der Waals surface area (Å²) in [6.07, 6.45) is 0. The average molecular weight is 209 g/mol. The van der Waals surface area contributed by atoms with Crippen molar-refractivity contribution in [2.24, 2.45) is 11.1 Å². The van der Waals surface area contributed by atoms with Gasteiger partial charge >= 0.3 is 0 Å². The maximum Gasteiger partial charge on any atom is 0.175 e. The lowest BCUT2D eigenvalue weighted by atomic mass is 9.78. The molecule has 0 atom stereocenters. The lowest BCUT2D eigenvalue weighted by Gasteiger charge is -2.38. The Labute approximate surface area is 87.0 Å². The van der Waals surface area contributed by atoms with Gasteiger partial charge in [0.05, 0.1) is 18.6 Å². The van der Waals surface area contributed by atoms with E-state index in [0.29, 0.717) is 18.8 Å². The Hall–Kier alpha value is -1.26. The van der Waals surface area contributed by atoms with Crippen LogP contribution in [-0.2, 0) is 4.74 Å². The van der Waals surface area contributed by atoms with Gasteiger partial charge in [-0.25, -0.2) is 4.39 Å². The van der Waals surface area contributed by atoms with Crippen molar-refractivity contribution in [3.8, 4) is 0 Å². The highest BCUT2D eigenvalue weighted by molar-refractivity contribution is 6.01. The molecule has 1 aromatic carbocycles. The van der Waals surface area contributed by atoms with Crippen molar-refractivity contribution in [2.75, 3.05) is 19.8 Å². The molecule has 0 radical (unpaired) electrons. The third-order valence-corrected chi connectivity index (χ3v) is 2.72. The van der Waals surface area contributed by atoms with E-state index < -0.39 is 11.2 Å². The smallest absolute Gasteiger partial charge is 0.175 e. The van der Waals surface area contributed by atoms with Crippen LogP contribution in [0.25, 0.3) is 0 Å². The lowest BCUT2D eigenvalue weighted by molar-refractivity contribution is -0.0816. The number of Topliss-reactive ketones (excluding diaryl/α,β-unsaturated/α-hetero) is 1. The summed E-state index contributed by atoms with van der Waals surface area (Å²) in [5.41, 5.74) is 5.28. The lowest BCUT2D eigenvalue weighted by Crippen LogP contribution is -2.54. The second-order valence-electron chi connectivity index (χ2n) is 3.82. The summed E-state index contributed by atoms with van der Waals surface area (Å²) >= 11 is 0. The summed E-state index contributed by atoms with van der Waals surface area (Å²) in [5.74, 6) is -0.538. The number of rotatable bonds is 3. The standard InChI is InChI=1S/C11H12FNO2/c12-9-3-1-2-8(4-9)10(14)11(5-13)6-15-7-11/h1-4H,5-7,13H2. The number of ether oxygens (including phenoxy) is 1. The zero-order valence-electron chi connectivity index (χ0n) is 8.20. The van der Waals surface area contributed by atoms with Crippen LogP contribution < -0.4 is 5.73 Å². The minimum atomic E-state index is -0.631. The summed E-state index contributed by atoms with van der Waals surface area (Å²) in [5, 5.41) is 0. The van der Waals surface area contributed by atoms with Gasteiger partial charge in [0, 0.05) is 12.1 Å². The Morgan fingerprint density at radius 2 is 2.27 bits per heavy atom. The first-order chi connectivity index (χ1) is 7.18. The van der Waals surface area contributed by atoms with Gasteiger partial charge in [0.25, 0.3) is 0 Å². The van der Waals surface area contributed by atoms with Crippen LogP contribution in [0.4, 0.5) is 4.39 Å². The van der Waals surface area contributed by atoms with Gasteiger partial charge in [0.2, 0.25) is 0 Å². The fourth-order valence-corrected chi connectivity index (χ4v) is 1.63. The van der Waals surface area contributed by atoms with Gasteiger partial charge in [-0.15, -0.1) is 0 Å². The van der Waals surface area contributed by atoms with Crippen LogP contribution in [0.5, 0.6) is 0 Å². The van der Waals surface area contributed by atoms with Gasteiger partial charge in [-0.05, 0) is 12.1 Å². The largest absolute Gasteiger partial charge is 0.379 e. The minimum Gasteiger partial charge on any atom is -0.379 e. The molecule has 1 saturated heterocycles. The Kier molecular flexibility index (Phi) is 2.54. The third-order valence-electron chi connectivity index (χ3n) is 2.72. The molecule has 1 aromatic rings. The highest BCUT2D eigenvalue weighted by Gasteiger charge is 2.44. The zero-order valence-corrected chi connectivity index (χ0v) is 8.20. The van der Waals surface area contributed by atoms with Crippen LogP contribution in [0.1, 0.15) is 10.4 Å². The summed E-state index contributed by atoms with van der Waals surface area (Å²) < 4.78 is 17.9. The minimum absolute atomic E-state index is 0.129. The van der Waals surface area contributed by atoms with E-state index in [1.54, 1.807) is 6.07 Å². The number of nitrogens with two attached hydrogens (primary N) is 1. The first-order valence-corrected chi connectivity index (χ1v) is 4.76. The van der Waals surface area contributed by atoms with Crippen molar-refractivity contribution >= 4 is 5.78 Å². The highest BCUT2D eigenvalue weighted by Crippen LogP contribution is 2.30. The number of carbonyl (C=O) groups excluding carboxylic acids is 1. The summed E-state index contributed by atoms with van der Waals surface area (Å²) in [7, 11) is 0. The highest BCUT2D eigenvalue weighted by atomic mass is 19.1. The van der Waals surface area contributed by atoms with Crippen molar-refractivity contribution in [2.45, 2.75) is 0 Å². The quantitative estimate of drug-likeness (QED) is 0.755. The van der Waals surface area contributed by atoms with Crippen LogP contribution in [0.2, 0.25) is 0 Å². The molecule has 2 N–H and O–H groups in total. The molecule has 80 valence electrons. The molecule has 0 aliphatic carbocycles. The molecule has 2 rings (SSSR count). The van der Waals surface area contributed by atoms with Gasteiger partial charge < -0.3 is 10.5 Å². The van der Waals surface area contributed by atoms with Gasteiger partial charge in [0.1, 0.15) is 5.82 Å². The van der Waals surface area contributed by atoms with E-state index in [-0.39, 0.29) is 12.3 Å². The molecule has 1 aliphatic rings. The maximum atomic E-state index is 12.9. The molecule has 1 fully saturated rings. The summed E-state index contributed by atoms with van der Waals surface area (Å²) in [6.45, 7) is 0.903. The monoisotopic (exact) mass is 209 g/mol. The molecule has 0 bridgehead atoms. The van der Waals surface area contributed by atoms with Crippen LogP contribution in [-0.4, -0.2) is 25.5 Å². The molecule has 4 heteroatoms. The molecule has 0 amide bonds. The van der Waals surface area contributed by atoms with Gasteiger partial charge in [-0.3, -0.25) is 4.79 Å². The molecule has 0 saturated carbocycles. The van der Waals surface area contributed by atoms with Gasteiger partial charge in [0.15, 0.2) is 5.78 Å². The van der Waals surface area contributed by atoms with E-state index in [1.807, 2.05) is 0 Å². The predicted molar refractivity (Wildman–Crippen MR) is 53.0 cm³/mol. The molecule has 0 unspecified atom stereocenters. The Bertz CT molecular complexity index is 382. The molecule has 1 heterocycles. The van der Waals surface area contributed by atoms with Crippen molar-refractivity contribution < 1.29 is 13.9 Å². The predicted octanol–water partition coefficient (Wildman–Crippen LogP) is 0.984. The topological polar surface area (TPSA) is 52.3 Å². The first kappa shape index (κ1) is 10.3. The molecular weight excluding hydrogens is 197 g/mol. The van der Waals surface area contributed by atoms with E-state index in [2.05, 4.69) is 0 Å². The van der Waals surface area contributed by atoms with E-state index in [0.717, 1.165) is 0 Å². The van der Waals surface area contributed by atoms with E-state index in [4.69, 9.17) is 10.5 Å². The number of carbonyl (C=O) groups is 1. The fourth-order valence-electron chi connectivity index (χ4n) is 1.63. The van der Waals surface area contributed by atoms with Crippen molar-refractivity contribution in [3.63, 3.8) is 0 Å². The number of halogens is 1. The van der Waals surface area contributed by atoms with Crippen LogP contribution in [0.15, 0.2) is 24.3 Å². The number of ketones is 1. The second-order valence-corrected chi connectivity index (χ2v) is 3.82. The van der Waals surface area contributed by atoms with E-state index >= 15 is 0 Å². The maximum absolute atomic E-state index is 12.9. The average Bonchev–Trinajstić information content (AvgIpc) is 2.17. The van der Waals surface area contributed by atoms with Crippen LogP contribution in [0.3, 0.4) is 0 Å². The second kappa shape index (κ2) is 3.72. The Morgan fingerprint density at radius 1 is 1.53 bits per heavy atom. The fraction of sp³-hybridized carbons (Fsp3) is 0.364. The van der Waals surface area contributed by atoms with E-state index in [9.17, 15) is 9.18 Å². The van der Waals surface area contributed by atoms with Crippen molar-refractivity contribution in [3.05, 3.63) is 35.6 Å². The van der Waals surface area contributed by atoms with Crippen molar-refractivity contribution in [1.82, 2.24) is 0 Å². The molecule has 3 nitrogen and oxygen atoms in total. The number of hydrogen-bond donors (Lipinski definition) is 1. The molecule has 0 aromatic heterocycles. The van der Waals surface area contributed by atoms with Crippen LogP contribution >= 0.6 is 0 Å². The van der Waals surface area contributed by atoms with Gasteiger partial charge in [-0.2, -0.15) is 0 Å². The molecular formula is C11H12FNO2. The Morgan fingerprint density at radius 3 is 2.73 bits per heavy atom. The molecule has 1 aliphatic heterocycles. The number of hydrogen-bond acceptors (Lipinski definition) is 3. The molecule has 15 heavy (non-hydrogen) atoms. The van der Waals surface area contributed by atoms with E-state index in [1.165, 1.54) is 18.2 Å². The van der Waals surface area contributed by atoms with Gasteiger partial charge in [-0.1, -0.05) is 12.1 Å².